The van der Waals surface area contributed by atoms with Crippen molar-refractivity contribution < 1.29 is 0 Å². The highest BCUT2D eigenvalue weighted by atomic mass is 79.9. The van der Waals surface area contributed by atoms with E-state index in [0.717, 1.165) is 38.7 Å². The Bertz CT molecular complexity index is 1180. The molecule has 0 amide bonds. The smallest absolute Gasteiger partial charge is 0.128 e. The first-order chi connectivity index (χ1) is 17.9. The van der Waals surface area contributed by atoms with Gasteiger partial charge < -0.3 is 10.6 Å². The monoisotopic (exact) mass is 560 g/mol. The zero-order valence-electron chi connectivity index (χ0n) is 22.6. The number of rotatable bonds is 9. The van der Waals surface area contributed by atoms with Gasteiger partial charge in [0.05, 0.1) is 16.4 Å². The molecule has 2 N–H and O–H groups in total. The Hall–Kier alpha value is -3.05. The van der Waals surface area contributed by atoms with E-state index in [0.29, 0.717) is 6.54 Å². The van der Waals surface area contributed by atoms with E-state index in [4.69, 9.17) is 0 Å². The van der Waals surface area contributed by atoms with E-state index in [1.165, 1.54) is 49.7 Å². The Labute approximate surface area is 231 Å². The number of hydrogen-bond acceptors (Lipinski definition) is 3. The van der Waals surface area contributed by atoms with E-state index >= 15 is 0 Å². The summed E-state index contributed by atoms with van der Waals surface area (Å²) in [6.07, 6.45) is 14.5. The molecule has 0 spiro atoms. The van der Waals surface area contributed by atoms with Crippen LogP contribution in [0.5, 0.6) is 0 Å². The molecule has 0 unspecified atom stereocenters. The number of aromatic nitrogens is 2. The molecule has 4 rings (SSSR count). The molecule has 3 aromatic rings. The molecule has 1 aliphatic carbocycles. The minimum absolute atomic E-state index is 0.688. The zero-order chi connectivity index (χ0) is 26.6. The zero-order valence-corrected chi connectivity index (χ0v) is 24.2. The number of benzene rings is 2. The molecule has 0 saturated heterocycles. The SMILES string of the molecule is C=C(/C=C(/NCc1ccc(NC)cc1)n1ncc(Br)c1C)c1ccccc1C.C=CCC1CCCCC1. The largest absolute Gasteiger partial charge is 0.388 e. The molecule has 0 atom stereocenters. The second-order valence-electron chi connectivity index (χ2n) is 9.69. The summed E-state index contributed by atoms with van der Waals surface area (Å²) < 4.78 is 2.87. The molecule has 4 nitrogen and oxygen atoms in total. The van der Waals surface area contributed by atoms with E-state index in [2.05, 4.69) is 100 Å². The van der Waals surface area contributed by atoms with E-state index in [9.17, 15) is 0 Å². The molecule has 196 valence electrons. The average Bonchev–Trinajstić information content (AvgIpc) is 3.26. The quantitative estimate of drug-likeness (QED) is 0.203. The number of nitrogens with one attached hydrogen (secondary N) is 2. The normalized spacial score (nSPS) is 13.9. The van der Waals surface area contributed by atoms with Crippen molar-refractivity contribution in [1.82, 2.24) is 15.1 Å². The van der Waals surface area contributed by atoms with Crippen LogP contribution in [0.3, 0.4) is 0 Å². The van der Waals surface area contributed by atoms with Crippen molar-refractivity contribution in [3.63, 3.8) is 0 Å². The lowest BCUT2D eigenvalue weighted by Gasteiger charge is -2.19. The summed E-state index contributed by atoms with van der Waals surface area (Å²) in [4.78, 5) is 0. The Morgan fingerprint density at radius 1 is 1.08 bits per heavy atom. The summed E-state index contributed by atoms with van der Waals surface area (Å²) in [7, 11) is 1.92. The second-order valence-corrected chi connectivity index (χ2v) is 10.5. The lowest BCUT2D eigenvalue weighted by Crippen LogP contribution is -2.19. The third kappa shape index (κ3) is 8.50. The lowest BCUT2D eigenvalue weighted by molar-refractivity contribution is 0.361. The Balaban J connectivity index is 0.000000356. The first kappa shape index (κ1) is 28.5. The second kappa shape index (κ2) is 14.6. The van der Waals surface area contributed by atoms with Crippen LogP contribution in [0.25, 0.3) is 11.4 Å². The van der Waals surface area contributed by atoms with E-state index in [-0.39, 0.29) is 0 Å². The highest BCUT2D eigenvalue weighted by Crippen LogP contribution is 2.26. The molecular weight excluding hydrogens is 520 g/mol. The van der Waals surface area contributed by atoms with Gasteiger partial charge in [-0.1, -0.05) is 81.2 Å². The molecule has 1 heterocycles. The van der Waals surface area contributed by atoms with Gasteiger partial charge in [0.25, 0.3) is 0 Å². The summed E-state index contributed by atoms with van der Waals surface area (Å²) >= 11 is 3.55. The summed E-state index contributed by atoms with van der Waals surface area (Å²) in [6.45, 7) is 12.9. The van der Waals surface area contributed by atoms with Crippen LogP contribution in [0.4, 0.5) is 5.69 Å². The van der Waals surface area contributed by atoms with Gasteiger partial charge in [-0.05, 0) is 82.6 Å². The van der Waals surface area contributed by atoms with Crippen LogP contribution in [-0.4, -0.2) is 16.8 Å². The minimum Gasteiger partial charge on any atom is -0.388 e. The van der Waals surface area contributed by atoms with Crippen molar-refractivity contribution in [2.45, 2.75) is 58.9 Å². The van der Waals surface area contributed by atoms with Crippen molar-refractivity contribution in [3.8, 4) is 0 Å². The van der Waals surface area contributed by atoms with E-state index < -0.39 is 0 Å². The molecule has 0 bridgehead atoms. The summed E-state index contributed by atoms with van der Waals surface area (Å²) in [6, 6.07) is 16.6. The maximum atomic E-state index is 4.51. The molecule has 37 heavy (non-hydrogen) atoms. The van der Waals surface area contributed by atoms with Gasteiger partial charge in [-0.25, -0.2) is 4.68 Å². The summed E-state index contributed by atoms with van der Waals surface area (Å²) in [5.74, 6) is 1.87. The number of nitrogens with zero attached hydrogens (tertiary/aromatic N) is 2. The van der Waals surface area contributed by atoms with Gasteiger partial charge in [-0.3, -0.25) is 0 Å². The van der Waals surface area contributed by atoms with Gasteiger partial charge in [0.2, 0.25) is 0 Å². The molecule has 0 aliphatic heterocycles. The predicted octanol–water partition coefficient (Wildman–Crippen LogP) is 8.75. The highest BCUT2D eigenvalue weighted by Gasteiger charge is 2.11. The summed E-state index contributed by atoms with van der Waals surface area (Å²) in [5.41, 5.74) is 6.58. The topological polar surface area (TPSA) is 41.9 Å². The van der Waals surface area contributed by atoms with Crippen LogP contribution in [-0.2, 0) is 6.54 Å². The maximum Gasteiger partial charge on any atom is 0.128 e. The predicted molar refractivity (Wildman–Crippen MR) is 163 cm³/mol. The molecule has 0 radical (unpaired) electrons. The maximum absolute atomic E-state index is 4.51. The molecule has 1 aliphatic rings. The van der Waals surface area contributed by atoms with Gasteiger partial charge in [-0.2, -0.15) is 5.10 Å². The Morgan fingerprint density at radius 2 is 1.78 bits per heavy atom. The van der Waals surface area contributed by atoms with Crippen molar-refractivity contribution in [3.05, 3.63) is 107 Å². The third-order valence-electron chi connectivity index (χ3n) is 6.92. The number of halogens is 1. The van der Waals surface area contributed by atoms with Gasteiger partial charge in [0.1, 0.15) is 5.82 Å². The van der Waals surface area contributed by atoms with Crippen LogP contribution in [0, 0.1) is 19.8 Å². The molecule has 2 aromatic carbocycles. The van der Waals surface area contributed by atoms with Gasteiger partial charge >= 0.3 is 0 Å². The van der Waals surface area contributed by atoms with Crippen molar-refractivity contribution in [1.29, 1.82) is 0 Å². The van der Waals surface area contributed by atoms with Crippen LogP contribution in [0.1, 0.15) is 60.9 Å². The molecule has 5 heteroatoms. The van der Waals surface area contributed by atoms with Gasteiger partial charge in [-0.15, -0.1) is 6.58 Å². The third-order valence-corrected chi connectivity index (χ3v) is 7.70. The van der Waals surface area contributed by atoms with Crippen LogP contribution >= 0.6 is 15.9 Å². The van der Waals surface area contributed by atoms with E-state index in [1.54, 1.807) is 0 Å². The highest BCUT2D eigenvalue weighted by molar-refractivity contribution is 9.10. The fourth-order valence-corrected chi connectivity index (χ4v) is 4.90. The number of aryl methyl sites for hydroxylation is 1. The average molecular weight is 562 g/mol. The first-order valence-electron chi connectivity index (χ1n) is 13.2. The van der Waals surface area contributed by atoms with Gasteiger partial charge in [0, 0.05) is 19.3 Å². The van der Waals surface area contributed by atoms with Gasteiger partial charge in [0.15, 0.2) is 0 Å². The molecule has 1 saturated carbocycles. The molecular formula is C32H41BrN4. The number of hydrogen-bond donors (Lipinski definition) is 2. The first-order valence-corrected chi connectivity index (χ1v) is 14.0. The fraction of sp³-hybridized carbons (Fsp3) is 0.344. The number of allylic oxidation sites excluding steroid dienone is 3. The Morgan fingerprint density at radius 3 is 2.38 bits per heavy atom. The van der Waals surface area contributed by atoms with Crippen molar-refractivity contribution >= 4 is 33.0 Å². The van der Waals surface area contributed by atoms with Crippen LogP contribution < -0.4 is 10.6 Å². The minimum atomic E-state index is 0.688. The summed E-state index contributed by atoms with van der Waals surface area (Å²) in [5, 5.41) is 11.2. The molecule has 1 fully saturated rings. The van der Waals surface area contributed by atoms with E-state index in [1.807, 2.05) is 37.0 Å². The van der Waals surface area contributed by atoms with Crippen molar-refractivity contribution in [2.24, 2.45) is 5.92 Å². The molecule has 1 aromatic heterocycles. The number of anilines is 1. The van der Waals surface area contributed by atoms with Crippen LogP contribution in [0.15, 0.2) is 84.5 Å². The fourth-order valence-electron chi connectivity index (χ4n) is 4.64. The van der Waals surface area contributed by atoms with Crippen molar-refractivity contribution in [2.75, 3.05) is 12.4 Å². The lowest BCUT2D eigenvalue weighted by atomic mass is 9.87. The standard InChI is InChI=1S/C23H25BrN4.C9H16/c1-16-7-5-6-8-21(16)17(2)13-23(28-18(3)22(24)15-27-28)26-14-19-9-11-20(25-4)12-10-19;1-2-6-9-7-4-3-5-8-9/h5-13,15,25-26H,2,14H2,1,3-4H3;2,9H,1,3-8H2/b23-13-;. The Kier molecular flexibility index (Phi) is 11.3. The van der Waals surface area contributed by atoms with Crippen LogP contribution in [0.2, 0.25) is 0 Å².